The lowest BCUT2D eigenvalue weighted by atomic mass is 10.1. The van der Waals surface area contributed by atoms with E-state index in [1.165, 1.54) is 5.56 Å². The monoisotopic (exact) mass is 160 g/mol. The molecule has 0 spiro atoms. The van der Waals surface area contributed by atoms with Crippen LogP contribution in [0.1, 0.15) is 18.1 Å². The van der Waals surface area contributed by atoms with Gasteiger partial charge in [-0.15, -0.1) is 0 Å². The van der Waals surface area contributed by atoms with E-state index in [9.17, 15) is 0 Å². The highest BCUT2D eigenvalue weighted by molar-refractivity contribution is 5.21. The number of ether oxygens (including phenoxy) is 1. The first kappa shape index (κ1) is 7.56. The molecule has 0 N–H and O–H groups in total. The van der Waals surface area contributed by atoms with Gasteiger partial charge in [0.15, 0.2) is 0 Å². The normalized spacial score (nSPS) is 22.5. The van der Waals surface area contributed by atoms with E-state index in [0.29, 0.717) is 0 Å². The molecule has 1 aliphatic heterocycles. The molecule has 1 nitrogen and oxygen atoms in total. The molecule has 2 rings (SSSR count). The third-order valence-corrected chi connectivity index (χ3v) is 2.02. The minimum atomic E-state index is 0.181. The third-order valence-electron chi connectivity index (χ3n) is 2.02. The standard InChI is InChI=1S/C11H12O/c1-2-6-10(7-3-1)11-8-4-5-9-12-11/h1-4,6-8,11H,5,9H2. The molecule has 0 radical (unpaired) electrons. The van der Waals surface area contributed by atoms with Crippen LogP contribution in [0.15, 0.2) is 42.5 Å². The first-order valence-corrected chi connectivity index (χ1v) is 4.30. The lowest BCUT2D eigenvalue weighted by Crippen LogP contribution is -2.06. The van der Waals surface area contributed by atoms with Crippen molar-refractivity contribution in [2.75, 3.05) is 6.61 Å². The Kier molecular flexibility index (Phi) is 2.23. The zero-order chi connectivity index (χ0) is 8.23. The second-order valence-electron chi connectivity index (χ2n) is 2.92. The number of hydrogen-bond acceptors (Lipinski definition) is 1. The van der Waals surface area contributed by atoms with Crippen LogP contribution in [0, 0.1) is 0 Å². The van der Waals surface area contributed by atoms with Crippen LogP contribution in [0.5, 0.6) is 0 Å². The maximum atomic E-state index is 5.58. The van der Waals surface area contributed by atoms with Crippen LogP contribution in [0.3, 0.4) is 0 Å². The summed E-state index contributed by atoms with van der Waals surface area (Å²) in [6.45, 7) is 0.843. The Bertz CT molecular complexity index is 264. The van der Waals surface area contributed by atoms with Crippen molar-refractivity contribution in [2.45, 2.75) is 12.5 Å². The molecular weight excluding hydrogens is 148 g/mol. The van der Waals surface area contributed by atoms with Gasteiger partial charge in [-0.05, 0) is 12.0 Å². The molecule has 12 heavy (non-hydrogen) atoms. The van der Waals surface area contributed by atoms with E-state index in [1.807, 2.05) is 18.2 Å². The van der Waals surface area contributed by atoms with E-state index in [0.717, 1.165) is 13.0 Å². The van der Waals surface area contributed by atoms with Gasteiger partial charge in [0.2, 0.25) is 0 Å². The highest BCUT2D eigenvalue weighted by Crippen LogP contribution is 2.21. The SMILES string of the molecule is C1=CC(c2ccccc2)OCC1. The minimum Gasteiger partial charge on any atom is -0.369 e. The second-order valence-corrected chi connectivity index (χ2v) is 2.92. The molecule has 0 aromatic heterocycles. The fourth-order valence-electron chi connectivity index (χ4n) is 1.39. The molecule has 0 bridgehead atoms. The van der Waals surface area contributed by atoms with Crippen molar-refractivity contribution in [1.29, 1.82) is 0 Å². The largest absolute Gasteiger partial charge is 0.369 e. The van der Waals surface area contributed by atoms with E-state index in [1.54, 1.807) is 0 Å². The lowest BCUT2D eigenvalue weighted by Gasteiger charge is -2.17. The van der Waals surface area contributed by atoms with Gasteiger partial charge in [-0.1, -0.05) is 42.5 Å². The maximum absolute atomic E-state index is 5.58. The number of rotatable bonds is 1. The van der Waals surface area contributed by atoms with Crippen molar-refractivity contribution in [3.05, 3.63) is 48.0 Å². The Morgan fingerprint density at radius 1 is 1.17 bits per heavy atom. The molecule has 1 atom stereocenters. The zero-order valence-electron chi connectivity index (χ0n) is 6.94. The average molecular weight is 160 g/mol. The summed E-state index contributed by atoms with van der Waals surface area (Å²) in [5.41, 5.74) is 1.24. The molecule has 1 aromatic rings. The van der Waals surface area contributed by atoms with Gasteiger partial charge in [0, 0.05) is 0 Å². The van der Waals surface area contributed by atoms with Crippen molar-refractivity contribution >= 4 is 0 Å². The molecule has 0 aliphatic carbocycles. The summed E-state index contributed by atoms with van der Waals surface area (Å²) in [7, 11) is 0. The number of benzene rings is 1. The molecule has 1 unspecified atom stereocenters. The van der Waals surface area contributed by atoms with Gasteiger partial charge in [0.1, 0.15) is 6.10 Å². The summed E-state index contributed by atoms with van der Waals surface area (Å²) in [4.78, 5) is 0. The molecule has 62 valence electrons. The molecule has 1 heterocycles. The van der Waals surface area contributed by atoms with Crippen LogP contribution in [0.2, 0.25) is 0 Å². The van der Waals surface area contributed by atoms with Crippen LogP contribution in [-0.4, -0.2) is 6.61 Å². The van der Waals surface area contributed by atoms with Gasteiger partial charge in [0.25, 0.3) is 0 Å². The number of hydrogen-bond donors (Lipinski definition) is 0. The summed E-state index contributed by atoms with van der Waals surface area (Å²) in [5.74, 6) is 0. The Hall–Kier alpha value is -1.08. The average Bonchev–Trinajstić information content (AvgIpc) is 2.21. The van der Waals surface area contributed by atoms with Crippen LogP contribution in [-0.2, 0) is 4.74 Å². The van der Waals surface area contributed by atoms with E-state index in [2.05, 4.69) is 24.3 Å². The van der Waals surface area contributed by atoms with Crippen LogP contribution >= 0.6 is 0 Å². The summed E-state index contributed by atoms with van der Waals surface area (Å²) in [6.07, 6.45) is 5.53. The zero-order valence-corrected chi connectivity index (χ0v) is 6.94. The first-order chi connectivity index (χ1) is 5.97. The van der Waals surface area contributed by atoms with E-state index >= 15 is 0 Å². The van der Waals surface area contributed by atoms with Crippen molar-refractivity contribution in [3.8, 4) is 0 Å². The van der Waals surface area contributed by atoms with Gasteiger partial charge >= 0.3 is 0 Å². The minimum absolute atomic E-state index is 0.181. The smallest absolute Gasteiger partial charge is 0.101 e. The predicted octanol–water partition coefficient (Wildman–Crippen LogP) is 2.70. The molecule has 0 fully saturated rings. The van der Waals surface area contributed by atoms with Crippen molar-refractivity contribution in [2.24, 2.45) is 0 Å². The fraction of sp³-hybridized carbons (Fsp3) is 0.273. The van der Waals surface area contributed by atoms with Crippen molar-refractivity contribution in [3.63, 3.8) is 0 Å². The molecule has 1 aromatic carbocycles. The predicted molar refractivity (Wildman–Crippen MR) is 48.9 cm³/mol. The highest BCUT2D eigenvalue weighted by Gasteiger charge is 2.09. The molecular formula is C11H12O. The summed E-state index contributed by atoms with van der Waals surface area (Å²) >= 11 is 0. The maximum Gasteiger partial charge on any atom is 0.101 e. The lowest BCUT2D eigenvalue weighted by molar-refractivity contribution is 0.0801. The van der Waals surface area contributed by atoms with Crippen LogP contribution in [0.4, 0.5) is 0 Å². The molecule has 0 saturated heterocycles. The molecule has 0 saturated carbocycles. The van der Waals surface area contributed by atoms with Gasteiger partial charge in [0.05, 0.1) is 6.61 Å². The highest BCUT2D eigenvalue weighted by atomic mass is 16.5. The van der Waals surface area contributed by atoms with E-state index in [-0.39, 0.29) is 6.10 Å². The van der Waals surface area contributed by atoms with Crippen molar-refractivity contribution < 1.29 is 4.74 Å². The summed E-state index contributed by atoms with van der Waals surface area (Å²) < 4.78 is 5.58. The Balaban J connectivity index is 2.19. The Labute approximate surface area is 72.7 Å². The van der Waals surface area contributed by atoms with E-state index in [4.69, 9.17) is 4.74 Å². The van der Waals surface area contributed by atoms with Crippen LogP contribution in [0.25, 0.3) is 0 Å². The third kappa shape index (κ3) is 1.56. The van der Waals surface area contributed by atoms with Gasteiger partial charge in [-0.25, -0.2) is 0 Å². The van der Waals surface area contributed by atoms with Gasteiger partial charge < -0.3 is 4.74 Å². The quantitative estimate of drug-likeness (QED) is 0.574. The molecule has 1 heteroatoms. The Morgan fingerprint density at radius 3 is 2.67 bits per heavy atom. The summed E-state index contributed by atoms with van der Waals surface area (Å²) in [6, 6.07) is 10.3. The topological polar surface area (TPSA) is 9.23 Å². The van der Waals surface area contributed by atoms with Gasteiger partial charge in [-0.2, -0.15) is 0 Å². The van der Waals surface area contributed by atoms with Gasteiger partial charge in [-0.3, -0.25) is 0 Å². The fourth-order valence-corrected chi connectivity index (χ4v) is 1.39. The van der Waals surface area contributed by atoms with Crippen LogP contribution < -0.4 is 0 Å². The Morgan fingerprint density at radius 2 is 2.00 bits per heavy atom. The van der Waals surface area contributed by atoms with Crippen molar-refractivity contribution in [1.82, 2.24) is 0 Å². The summed E-state index contributed by atoms with van der Waals surface area (Å²) in [5, 5.41) is 0. The first-order valence-electron chi connectivity index (χ1n) is 4.30. The molecule has 1 aliphatic rings. The second kappa shape index (κ2) is 3.55. The molecule has 0 amide bonds. The van der Waals surface area contributed by atoms with E-state index < -0.39 is 0 Å².